The molecule has 0 radical (unpaired) electrons. The normalized spacial score (nSPS) is 22.0. The van der Waals surface area contributed by atoms with Gasteiger partial charge in [-0.1, -0.05) is 18.9 Å². The average Bonchev–Trinajstić information content (AvgIpc) is 3.22. The maximum atomic E-state index is 11.0. The number of aliphatic imine (C=N–C) groups is 1. The number of nitrogens with zero attached hydrogens (tertiary/aromatic N) is 3. The summed E-state index contributed by atoms with van der Waals surface area (Å²) < 4.78 is 2.37. The molecular weight excluding hydrogens is 298 g/mol. The van der Waals surface area contributed by atoms with E-state index in [-0.39, 0.29) is 5.54 Å². The molecule has 1 aliphatic carbocycles. The molecule has 4 heterocycles. The summed E-state index contributed by atoms with van der Waals surface area (Å²) >= 11 is 0. The molecule has 4 heteroatoms. The van der Waals surface area contributed by atoms with Crippen molar-refractivity contribution in [3.05, 3.63) is 29.3 Å². The van der Waals surface area contributed by atoms with Crippen molar-refractivity contribution < 1.29 is 4.79 Å². The molecule has 1 saturated heterocycles. The summed E-state index contributed by atoms with van der Waals surface area (Å²) in [5, 5.41) is 1.38. The molecule has 0 unspecified atom stereocenters. The van der Waals surface area contributed by atoms with Gasteiger partial charge in [-0.05, 0) is 49.3 Å². The summed E-state index contributed by atoms with van der Waals surface area (Å²) in [6.07, 6.45) is 8.63. The fraction of sp³-hybridized carbons (Fsp3) is 0.550. The molecule has 0 N–H and O–H groups in total. The zero-order chi connectivity index (χ0) is 16.3. The van der Waals surface area contributed by atoms with Crippen molar-refractivity contribution in [3.63, 3.8) is 0 Å². The molecule has 2 aromatic rings. The highest BCUT2D eigenvalue weighted by atomic mass is 16.1. The Morgan fingerprint density at radius 2 is 1.96 bits per heavy atom. The Balaban J connectivity index is 1.75. The summed E-state index contributed by atoms with van der Waals surface area (Å²) in [4.78, 5) is 17.9. The molecule has 4 aliphatic rings. The lowest BCUT2D eigenvalue weighted by Crippen LogP contribution is -2.39. The van der Waals surface area contributed by atoms with Gasteiger partial charge in [0.25, 0.3) is 0 Å². The van der Waals surface area contributed by atoms with Gasteiger partial charge >= 0.3 is 0 Å². The van der Waals surface area contributed by atoms with Crippen LogP contribution in [0.4, 0.5) is 5.82 Å². The highest BCUT2D eigenvalue weighted by Crippen LogP contribution is 2.49. The maximum absolute atomic E-state index is 11.0. The van der Waals surface area contributed by atoms with Crippen molar-refractivity contribution in [1.29, 1.82) is 0 Å². The Bertz CT molecular complexity index is 861. The number of benzene rings is 1. The molecule has 4 nitrogen and oxygen atoms in total. The number of carbonyl (C=O) groups excluding carboxylic acids is 1. The Morgan fingerprint density at radius 3 is 2.67 bits per heavy atom. The summed E-state index contributed by atoms with van der Waals surface area (Å²) in [5.74, 6) is 2.11. The summed E-state index contributed by atoms with van der Waals surface area (Å²) in [5.41, 5.74) is 3.73. The Hall–Kier alpha value is -2.06. The molecule has 0 amide bonds. The van der Waals surface area contributed by atoms with Gasteiger partial charge in [-0.15, -0.1) is 0 Å². The van der Waals surface area contributed by atoms with Crippen molar-refractivity contribution >= 4 is 22.8 Å². The molecule has 1 aromatic heterocycles. The van der Waals surface area contributed by atoms with Gasteiger partial charge in [0.2, 0.25) is 6.08 Å². The van der Waals surface area contributed by atoms with Crippen LogP contribution in [0.15, 0.2) is 23.2 Å². The fourth-order valence-electron chi connectivity index (χ4n) is 5.43. The van der Waals surface area contributed by atoms with Gasteiger partial charge in [0.15, 0.2) is 0 Å². The second kappa shape index (κ2) is 4.97. The smallest absolute Gasteiger partial charge is 0.235 e. The third-order valence-electron chi connectivity index (χ3n) is 6.64. The van der Waals surface area contributed by atoms with Gasteiger partial charge in [-0.2, -0.15) is 4.99 Å². The first-order valence-corrected chi connectivity index (χ1v) is 9.20. The first-order valence-electron chi connectivity index (χ1n) is 9.20. The van der Waals surface area contributed by atoms with Crippen LogP contribution in [0.2, 0.25) is 0 Å². The number of piperidine rings is 1. The zero-order valence-corrected chi connectivity index (χ0v) is 14.2. The second-order valence-electron chi connectivity index (χ2n) is 7.73. The van der Waals surface area contributed by atoms with Gasteiger partial charge in [0.1, 0.15) is 5.82 Å². The number of aryl methyl sites for hydroxylation is 1. The van der Waals surface area contributed by atoms with Crippen LogP contribution in [0.25, 0.3) is 10.9 Å². The van der Waals surface area contributed by atoms with E-state index in [4.69, 9.17) is 0 Å². The average molecular weight is 321 g/mol. The predicted octanol–water partition coefficient (Wildman–Crippen LogP) is 3.98. The molecule has 1 saturated carbocycles. The molecular formula is C20H23N3O. The molecule has 3 aliphatic heterocycles. The lowest BCUT2D eigenvalue weighted by atomic mass is 9.82. The topological polar surface area (TPSA) is 37.6 Å². The Morgan fingerprint density at radius 1 is 1.21 bits per heavy atom. The molecule has 24 heavy (non-hydrogen) atoms. The molecule has 6 rings (SSSR count). The maximum Gasteiger partial charge on any atom is 0.235 e. The number of anilines is 1. The van der Waals surface area contributed by atoms with E-state index >= 15 is 0 Å². The molecule has 2 fully saturated rings. The first kappa shape index (κ1) is 14.3. The summed E-state index contributed by atoms with van der Waals surface area (Å²) in [6.45, 7) is 2.38. The number of rotatable bonds is 2. The number of isocyanates is 1. The van der Waals surface area contributed by atoms with E-state index in [1.54, 1.807) is 0 Å². The van der Waals surface area contributed by atoms with Gasteiger partial charge in [0.05, 0.1) is 5.54 Å². The van der Waals surface area contributed by atoms with E-state index in [1.807, 2.05) is 6.08 Å². The van der Waals surface area contributed by atoms with Gasteiger partial charge in [-0.3, -0.25) is 0 Å². The molecule has 124 valence electrons. The van der Waals surface area contributed by atoms with Crippen LogP contribution in [0.5, 0.6) is 0 Å². The first-order chi connectivity index (χ1) is 11.7. The van der Waals surface area contributed by atoms with E-state index < -0.39 is 0 Å². The van der Waals surface area contributed by atoms with Crippen molar-refractivity contribution in [2.45, 2.75) is 50.0 Å². The largest absolute Gasteiger partial charge is 0.358 e. The quantitative estimate of drug-likeness (QED) is 0.620. The number of hydrogen-bond donors (Lipinski definition) is 0. The zero-order valence-electron chi connectivity index (χ0n) is 14.2. The van der Waals surface area contributed by atoms with Crippen LogP contribution in [0, 0.1) is 0 Å². The van der Waals surface area contributed by atoms with Crippen molar-refractivity contribution in [2.75, 3.05) is 18.0 Å². The molecule has 0 spiro atoms. The van der Waals surface area contributed by atoms with Crippen LogP contribution >= 0.6 is 0 Å². The molecule has 2 bridgehead atoms. The van der Waals surface area contributed by atoms with E-state index in [0.29, 0.717) is 5.92 Å². The summed E-state index contributed by atoms with van der Waals surface area (Å²) in [6, 6.07) is 6.77. The van der Waals surface area contributed by atoms with Crippen molar-refractivity contribution in [3.8, 4) is 0 Å². The third kappa shape index (κ3) is 1.75. The van der Waals surface area contributed by atoms with Gasteiger partial charge < -0.3 is 9.47 Å². The highest BCUT2D eigenvalue weighted by Gasteiger charge is 2.38. The van der Waals surface area contributed by atoms with Crippen LogP contribution in [-0.4, -0.2) is 23.7 Å². The van der Waals surface area contributed by atoms with E-state index in [2.05, 4.69) is 39.7 Å². The molecule has 1 aromatic carbocycles. The monoisotopic (exact) mass is 321 g/mol. The Labute approximate surface area is 142 Å². The lowest BCUT2D eigenvalue weighted by Gasteiger charge is -2.41. The second-order valence-corrected chi connectivity index (χ2v) is 7.73. The van der Waals surface area contributed by atoms with Crippen molar-refractivity contribution in [1.82, 2.24) is 4.57 Å². The summed E-state index contributed by atoms with van der Waals surface area (Å²) in [7, 11) is 2.19. The predicted molar refractivity (Wildman–Crippen MR) is 95.4 cm³/mol. The van der Waals surface area contributed by atoms with E-state index in [1.165, 1.54) is 53.8 Å². The molecule has 0 atom stereocenters. The number of hydrogen-bond acceptors (Lipinski definition) is 3. The van der Waals surface area contributed by atoms with Crippen LogP contribution in [0.1, 0.15) is 55.6 Å². The highest BCUT2D eigenvalue weighted by molar-refractivity contribution is 5.92. The standard InChI is InChI=1S/C20H23N3O/c1-22-17-5-4-15(20(21-13-24)8-2-3-9-20)12-16(17)18-14-6-10-23(11-7-14)19(18)22/h4-5,12,14H,2-3,6-11H2,1H3. The van der Waals surface area contributed by atoms with Crippen LogP contribution < -0.4 is 4.90 Å². The third-order valence-corrected chi connectivity index (χ3v) is 6.64. The minimum absolute atomic E-state index is 0.327. The van der Waals surface area contributed by atoms with Gasteiger partial charge in [0, 0.05) is 36.6 Å². The van der Waals surface area contributed by atoms with Gasteiger partial charge in [-0.25, -0.2) is 4.79 Å². The van der Waals surface area contributed by atoms with Crippen LogP contribution in [-0.2, 0) is 17.4 Å². The minimum atomic E-state index is -0.327. The van der Waals surface area contributed by atoms with E-state index in [0.717, 1.165) is 25.7 Å². The van der Waals surface area contributed by atoms with Crippen LogP contribution in [0.3, 0.4) is 0 Å². The SMILES string of the molecule is Cn1c2c(c3cc(C4(N=C=O)CCCC4)ccc31)C1CCN2CC1. The minimum Gasteiger partial charge on any atom is -0.358 e. The Kier molecular flexibility index (Phi) is 2.96. The van der Waals surface area contributed by atoms with Crippen molar-refractivity contribution in [2.24, 2.45) is 12.0 Å². The number of fused-ring (bicyclic) bond motifs is 3. The fourth-order valence-corrected chi connectivity index (χ4v) is 5.43. The number of aromatic nitrogens is 1. The lowest BCUT2D eigenvalue weighted by molar-refractivity contribution is 0.456. The van der Waals surface area contributed by atoms with E-state index in [9.17, 15) is 4.79 Å².